The molecule has 0 aromatic carbocycles. The van der Waals surface area contributed by atoms with Crippen LogP contribution in [0.5, 0.6) is 5.88 Å². The van der Waals surface area contributed by atoms with Gasteiger partial charge in [-0.15, -0.1) is 13.2 Å². The molecule has 0 aliphatic rings. The van der Waals surface area contributed by atoms with Gasteiger partial charge in [-0.1, -0.05) is 15.9 Å². The van der Waals surface area contributed by atoms with Gasteiger partial charge in [0.15, 0.2) is 0 Å². The zero-order valence-corrected chi connectivity index (χ0v) is 11.1. The molecule has 0 fully saturated rings. The zero-order chi connectivity index (χ0) is 14.8. The lowest BCUT2D eigenvalue weighted by Crippen LogP contribution is -2.20. The van der Waals surface area contributed by atoms with E-state index >= 15 is 0 Å². The highest BCUT2D eigenvalue weighted by Gasteiger charge is 2.36. The van der Waals surface area contributed by atoms with Crippen molar-refractivity contribution < 1.29 is 31.5 Å². The molecular formula is C9H4BrClF5NO2. The quantitative estimate of drug-likeness (QED) is 0.454. The Hall–Kier alpha value is -0.960. The molecule has 0 amide bonds. The fourth-order valence-corrected chi connectivity index (χ4v) is 1.66. The third-order valence-electron chi connectivity index (χ3n) is 1.86. The number of hydrogen-bond acceptors (Lipinski definition) is 3. The minimum atomic E-state index is -5.21. The van der Waals surface area contributed by atoms with Crippen molar-refractivity contribution in [2.75, 3.05) is 0 Å². The highest BCUT2D eigenvalue weighted by atomic mass is 79.9. The Morgan fingerprint density at radius 1 is 1.47 bits per heavy atom. The average molecular weight is 368 g/mol. The molecule has 0 saturated heterocycles. The SMILES string of the molecule is O=C(Cl)c1cc(CBr)nc(OC(F)(F)F)c1C(F)F. The van der Waals surface area contributed by atoms with Crippen molar-refractivity contribution in [3.05, 3.63) is 22.9 Å². The maximum atomic E-state index is 12.7. The maximum Gasteiger partial charge on any atom is 0.574 e. The van der Waals surface area contributed by atoms with Crippen LogP contribution in [0.3, 0.4) is 0 Å². The lowest BCUT2D eigenvalue weighted by molar-refractivity contribution is -0.276. The van der Waals surface area contributed by atoms with Crippen molar-refractivity contribution in [1.82, 2.24) is 4.98 Å². The highest BCUT2D eigenvalue weighted by molar-refractivity contribution is 9.08. The van der Waals surface area contributed by atoms with Gasteiger partial charge < -0.3 is 4.74 Å². The summed E-state index contributed by atoms with van der Waals surface area (Å²) < 4.78 is 65.3. The fourth-order valence-electron chi connectivity index (χ4n) is 1.21. The van der Waals surface area contributed by atoms with Crippen LogP contribution in [-0.4, -0.2) is 16.6 Å². The molecule has 0 spiro atoms. The molecule has 10 heteroatoms. The molecule has 0 aliphatic heterocycles. The average Bonchev–Trinajstić information content (AvgIpc) is 2.24. The van der Waals surface area contributed by atoms with Gasteiger partial charge in [0.2, 0.25) is 5.88 Å². The van der Waals surface area contributed by atoms with Gasteiger partial charge in [-0.2, -0.15) is 0 Å². The molecule has 0 aliphatic carbocycles. The van der Waals surface area contributed by atoms with E-state index in [2.05, 4.69) is 25.7 Å². The summed E-state index contributed by atoms with van der Waals surface area (Å²) >= 11 is 7.95. The molecule has 0 radical (unpaired) electrons. The smallest absolute Gasteiger partial charge is 0.387 e. The van der Waals surface area contributed by atoms with Crippen LogP contribution in [0.2, 0.25) is 0 Å². The van der Waals surface area contributed by atoms with Crippen LogP contribution in [0.25, 0.3) is 0 Å². The van der Waals surface area contributed by atoms with Crippen LogP contribution in [0.4, 0.5) is 22.0 Å². The Bertz CT molecular complexity index is 494. The monoisotopic (exact) mass is 367 g/mol. The molecule has 0 N–H and O–H groups in total. The maximum absolute atomic E-state index is 12.7. The van der Waals surface area contributed by atoms with E-state index < -0.39 is 35.0 Å². The molecule has 1 heterocycles. The molecule has 0 unspecified atom stereocenters. The Morgan fingerprint density at radius 3 is 2.42 bits per heavy atom. The molecule has 3 nitrogen and oxygen atoms in total. The standard InChI is InChI=1S/C9H4BrClF5NO2/c10-2-3-1-4(6(11)18)5(7(12)13)8(17-3)19-9(14,15)16/h1,7H,2H2. The Kier molecular flexibility index (Phi) is 5.08. The fraction of sp³-hybridized carbons (Fsp3) is 0.333. The number of carbonyl (C=O) groups is 1. The van der Waals surface area contributed by atoms with E-state index in [1.165, 1.54) is 0 Å². The predicted molar refractivity (Wildman–Crippen MR) is 58.7 cm³/mol. The van der Waals surface area contributed by atoms with E-state index in [9.17, 15) is 26.7 Å². The molecular weight excluding hydrogens is 364 g/mol. The second-order valence-corrected chi connectivity index (χ2v) is 4.04. The third-order valence-corrected chi connectivity index (χ3v) is 2.63. The normalized spacial score (nSPS) is 11.8. The van der Waals surface area contributed by atoms with Crippen LogP contribution < -0.4 is 4.74 Å². The van der Waals surface area contributed by atoms with Crippen LogP contribution in [0.1, 0.15) is 28.0 Å². The first-order valence-electron chi connectivity index (χ1n) is 4.49. The van der Waals surface area contributed by atoms with Crippen LogP contribution in [0.15, 0.2) is 6.07 Å². The van der Waals surface area contributed by atoms with Crippen molar-refractivity contribution in [2.24, 2.45) is 0 Å². The van der Waals surface area contributed by atoms with Gasteiger partial charge in [0.1, 0.15) is 0 Å². The van der Waals surface area contributed by atoms with E-state index in [0.29, 0.717) is 0 Å². The molecule has 19 heavy (non-hydrogen) atoms. The number of carbonyl (C=O) groups excluding carboxylic acids is 1. The Morgan fingerprint density at radius 2 is 2.05 bits per heavy atom. The number of nitrogens with zero attached hydrogens (tertiary/aromatic N) is 1. The largest absolute Gasteiger partial charge is 0.574 e. The van der Waals surface area contributed by atoms with Crippen LogP contribution in [0, 0.1) is 0 Å². The summed E-state index contributed by atoms with van der Waals surface area (Å²) in [5, 5.41) is -1.39. The second kappa shape index (κ2) is 6.00. The van der Waals surface area contributed by atoms with E-state index in [1.807, 2.05) is 0 Å². The number of alkyl halides is 6. The van der Waals surface area contributed by atoms with Crippen molar-refractivity contribution in [1.29, 1.82) is 0 Å². The van der Waals surface area contributed by atoms with Crippen molar-refractivity contribution in [3.63, 3.8) is 0 Å². The number of ether oxygens (including phenoxy) is 1. The van der Waals surface area contributed by atoms with Crippen molar-refractivity contribution in [2.45, 2.75) is 18.1 Å². The topological polar surface area (TPSA) is 39.2 Å². The minimum Gasteiger partial charge on any atom is -0.387 e. The molecule has 1 aromatic heterocycles. The summed E-state index contributed by atoms with van der Waals surface area (Å²) in [7, 11) is 0. The Balaban J connectivity index is 3.48. The molecule has 106 valence electrons. The van der Waals surface area contributed by atoms with Crippen LogP contribution >= 0.6 is 27.5 Å². The number of rotatable bonds is 4. The number of aromatic nitrogens is 1. The number of halogens is 7. The summed E-state index contributed by atoms with van der Waals surface area (Å²) in [6, 6.07) is 0.870. The third kappa shape index (κ3) is 4.27. The second-order valence-electron chi connectivity index (χ2n) is 3.14. The van der Waals surface area contributed by atoms with Gasteiger partial charge in [0.25, 0.3) is 11.7 Å². The van der Waals surface area contributed by atoms with Crippen LogP contribution in [-0.2, 0) is 5.33 Å². The zero-order valence-electron chi connectivity index (χ0n) is 8.77. The number of pyridine rings is 1. The van der Waals surface area contributed by atoms with E-state index in [-0.39, 0.29) is 11.0 Å². The minimum absolute atomic E-state index is 0.0676. The predicted octanol–water partition coefficient (Wildman–Crippen LogP) is 4.19. The van der Waals surface area contributed by atoms with Gasteiger partial charge >= 0.3 is 6.36 Å². The summed E-state index contributed by atoms with van der Waals surface area (Å²) in [4.78, 5) is 14.3. The summed E-state index contributed by atoms with van der Waals surface area (Å²) in [6.45, 7) is 0. The number of hydrogen-bond donors (Lipinski definition) is 0. The van der Waals surface area contributed by atoms with Crippen molar-refractivity contribution >= 4 is 32.8 Å². The summed E-state index contributed by atoms with van der Waals surface area (Å²) in [5.74, 6) is -1.39. The van der Waals surface area contributed by atoms with E-state index in [0.717, 1.165) is 6.07 Å². The Labute approximate surface area is 116 Å². The molecule has 0 atom stereocenters. The first kappa shape index (κ1) is 16.1. The van der Waals surface area contributed by atoms with E-state index in [1.54, 1.807) is 0 Å². The van der Waals surface area contributed by atoms with Gasteiger partial charge in [-0.3, -0.25) is 4.79 Å². The molecule has 0 saturated carbocycles. The lowest BCUT2D eigenvalue weighted by Gasteiger charge is -2.15. The lowest BCUT2D eigenvalue weighted by atomic mass is 10.1. The summed E-state index contributed by atoms with van der Waals surface area (Å²) in [6.07, 6.45) is -8.61. The van der Waals surface area contributed by atoms with Crippen molar-refractivity contribution in [3.8, 4) is 5.88 Å². The van der Waals surface area contributed by atoms with Gasteiger partial charge in [0.05, 0.1) is 16.8 Å². The molecule has 1 aromatic rings. The van der Waals surface area contributed by atoms with E-state index in [4.69, 9.17) is 11.6 Å². The van der Waals surface area contributed by atoms with Gasteiger partial charge in [-0.25, -0.2) is 13.8 Å². The summed E-state index contributed by atoms with van der Waals surface area (Å²) in [5.41, 5.74) is -2.17. The first-order chi connectivity index (χ1) is 8.65. The molecule has 0 bridgehead atoms. The van der Waals surface area contributed by atoms with Gasteiger partial charge in [-0.05, 0) is 17.7 Å². The first-order valence-corrected chi connectivity index (χ1v) is 5.99. The van der Waals surface area contributed by atoms with Gasteiger partial charge in [0, 0.05) is 5.33 Å². The molecule has 1 rings (SSSR count). The highest BCUT2D eigenvalue weighted by Crippen LogP contribution is 2.35.